The van der Waals surface area contributed by atoms with Gasteiger partial charge in [0.25, 0.3) is 0 Å². The van der Waals surface area contributed by atoms with Gasteiger partial charge in [-0.3, -0.25) is 14.8 Å². The molecule has 2 fully saturated rings. The van der Waals surface area contributed by atoms with Gasteiger partial charge in [0.2, 0.25) is 0 Å². The summed E-state index contributed by atoms with van der Waals surface area (Å²) in [6.07, 6.45) is 2.29. The van der Waals surface area contributed by atoms with Gasteiger partial charge in [-0.1, -0.05) is 67.6 Å². The van der Waals surface area contributed by atoms with E-state index in [9.17, 15) is 0 Å². The van der Waals surface area contributed by atoms with Crippen LogP contribution in [0, 0.1) is 0 Å². The Balaban J connectivity index is 1.43. The molecule has 152 valence electrons. The van der Waals surface area contributed by atoms with Crippen LogP contribution in [0.4, 0.5) is 0 Å². The van der Waals surface area contributed by atoms with Gasteiger partial charge in [-0.05, 0) is 18.5 Å². The number of nitrogens with one attached hydrogen (secondary N) is 2. The standard InChI is InChI=1S/C24H31N5/c1-2-14-28-15-13-21-24(20-11-7-4-8-12-20)25-26-29(21)23-18-27(17-22(23)28)16-19-9-5-3-6-10-19/h3-12,22-23,25-26H,2,13-18H2,1H3/t22-,23+/m0/s1. The van der Waals surface area contributed by atoms with Crippen LogP contribution in [0.25, 0.3) is 5.70 Å². The monoisotopic (exact) mass is 389 g/mol. The molecule has 5 nitrogen and oxygen atoms in total. The molecule has 2 N–H and O–H groups in total. The third kappa shape index (κ3) is 3.66. The van der Waals surface area contributed by atoms with E-state index in [0.717, 1.165) is 32.6 Å². The van der Waals surface area contributed by atoms with Crippen molar-refractivity contribution in [3.8, 4) is 0 Å². The van der Waals surface area contributed by atoms with Crippen molar-refractivity contribution in [1.82, 2.24) is 25.8 Å². The van der Waals surface area contributed by atoms with Crippen molar-refractivity contribution < 1.29 is 0 Å². The van der Waals surface area contributed by atoms with Crippen LogP contribution < -0.4 is 11.0 Å². The van der Waals surface area contributed by atoms with Gasteiger partial charge in [-0.2, -0.15) is 0 Å². The van der Waals surface area contributed by atoms with Crippen LogP contribution >= 0.6 is 0 Å². The van der Waals surface area contributed by atoms with E-state index in [4.69, 9.17) is 0 Å². The second kappa shape index (κ2) is 8.19. The number of benzene rings is 2. The molecule has 0 spiro atoms. The van der Waals surface area contributed by atoms with Crippen LogP contribution in [0.3, 0.4) is 0 Å². The molecule has 29 heavy (non-hydrogen) atoms. The number of fused-ring (bicyclic) bond motifs is 3. The van der Waals surface area contributed by atoms with Gasteiger partial charge in [0.1, 0.15) is 0 Å². The lowest BCUT2D eigenvalue weighted by Crippen LogP contribution is -2.53. The second-order valence-corrected chi connectivity index (χ2v) is 8.39. The Labute approximate surface area is 173 Å². The van der Waals surface area contributed by atoms with Crippen molar-refractivity contribution in [2.45, 2.75) is 38.4 Å². The second-order valence-electron chi connectivity index (χ2n) is 8.39. The predicted octanol–water partition coefficient (Wildman–Crippen LogP) is 3.05. The molecule has 0 radical (unpaired) electrons. The molecule has 3 aliphatic rings. The van der Waals surface area contributed by atoms with Gasteiger partial charge < -0.3 is 5.43 Å². The highest BCUT2D eigenvalue weighted by Gasteiger charge is 2.44. The summed E-state index contributed by atoms with van der Waals surface area (Å²) in [7, 11) is 0. The average Bonchev–Trinajstić information content (AvgIpc) is 3.33. The molecule has 0 unspecified atom stereocenters. The summed E-state index contributed by atoms with van der Waals surface area (Å²) in [5, 5.41) is 2.44. The van der Waals surface area contributed by atoms with E-state index in [2.05, 4.69) is 93.4 Å². The number of nitrogens with zero attached hydrogens (tertiary/aromatic N) is 3. The molecule has 5 rings (SSSR count). The zero-order valence-electron chi connectivity index (χ0n) is 17.2. The summed E-state index contributed by atoms with van der Waals surface area (Å²) < 4.78 is 0. The lowest BCUT2D eigenvalue weighted by Gasteiger charge is -2.33. The van der Waals surface area contributed by atoms with E-state index in [0.29, 0.717) is 12.1 Å². The summed E-state index contributed by atoms with van der Waals surface area (Å²) >= 11 is 0. The molecule has 0 aromatic heterocycles. The first-order valence-corrected chi connectivity index (χ1v) is 10.9. The minimum Gasteiger partial charge on any atom is -0.301 e. The molecule has 0 amide bonds. The topological polar surface area (TPSA) is 33.8 Å². The van der Waals surface area contributed by atoms with E-state index >= 15 is 0 Å². The zero-order valence-corrected chi connectivity index (χ0v) is 17.2. The average molecular weight is 390 g/mol. The first-order chi connectivity index (χ1) is 14.3. The molecular formula is C24H31N5. The van der Waals surface area contributed by atoms with Crippen LogP contribution in [0.2, 0.25) is 0 Å². The molecule has 2 saturated heterocycles. The highest BCUT2D eigenvalue weighted by molar-refractivity contribution is 5.68. The van der Waals surface area contributed by atoms with Crippen LogP contribution in [-0.2, 0) is 6.54 Å². The first kappa shape index (κ1) is 18.7. The molecule has 0 saturated carbocycles. The van der Waals surface area contributed by atoms with E-state index in [1.54, 1.807) is 0 Å². The van der Waals surface area contributed by atoms with Crippen molar-refractivity contribution in [1.29, 1.82) is 0 Å². The Hall–Kier alpha value is -2.34. The summed E-state index contributed by atoms with van der Waals surface area (Å²) in [6.45, 7) is 7.84. The van der Waals surface area contributed by atoms with E-state index in [1.807, 2.05) is 0 Å². The number of hydrogen-bond donors (Lipinski definition) is 2. The summed E-state index contributed by atoms with van der Waals surface area (Å²) in [5.41, 5.74) is 12.3. The molecular weight excluding hydrogens is 358 g/mol. The van der Waals surface area contributed by atoms with Crippen LogP contribution in [0.5, 0.6) is 0 Å². The highest BCUT2D eigenvalue weighted by atomic mass is 15.7. The lowest BCUT2D eigenvalue weighted by atomic mass is 10.1. The van der Waals surface area contributed by atoms with E-state index < -0.39 is 0 Å². The van der Waals surface area contributed by atoms with E-state index in [-0.39, 0.29) is 0 Å². The van der Waals surface area contributed by atoms with Gasteiger partial charge in [0.15, 0.2) is 0 Å². The fourth-order valence-electron chi connectivity index (χ4n) is 5.16. The number of hydrogen-bond acceptors (Lipinski definition) is 5. The Morgan fingerprint density at radius 1 is 0.931 bits per heavy atom. The smallest absolute Gasteiger partial charge is 0.0784 e. The number of rotatable bonds is 5. The molecule has 2 atom stereocenters. The predicted molar refractivity (Wildman–Crippen MR) is 117 cm³/mol. The van der Waals surface area contributed by atoms with Crippen LogP contribution in [0.1, 0.15) is 30.9 Å². The summed E-state index contributed by atoms with van der Waals surface area (Å²) in [5.74, 6) is 0. The highest BCUT2D eigenvalue weighted by Crippen LogP contribution is 2.34. The molecule has 3 aliphatic heterocycles. The summed E-state index contributed by atoms with van der Waals surface area (Å²) in [4.78, 5) is 5.35. The third-order valence-corrected chi connectivity index (χ3v) is 6.47. The minimum atomic E-state index is 0.455. The van der Waals surface area contributed by atoms with Gasteiger partial charge in [-0.15, -0.1) is 5.53 Å². The maximum absolute atomic E-state index is 3.52. The molecule has 2 aromatic carbocycles. The van der Waals surface area contributed by atoms with Crippen LogP contribution in [-0.4, -0.2) is 53.1 Å². The number of likely N-dealkylation sites (tertiary alicyclic amines) is 1. The molecule has 5 heteroatoms. The molecule has 0 bridgehead atoms. The third-order valence-electron chi connectivity index (χ3n) is 6.47. The molecule has 0 aliphatic carbocycles. The summed E-state index contributed by atoms with van der Waals surface area (Å²) in [6, 6.07) is 22.6. The SMILES string of the molecule is CCCN1CCC2=C(c3ccccc3)NNN2[C@@H]2CN(Cc3ccccc3)C[C@@H]21. The Bertz CT molecular complexity index is 850. The fourth-order valence-corrected chi connectivity index (χ4v) is 5.16. The Kier molecular flexibility index (Phi) is 5.27. The maximum Gasteiger partial charge on any atom is 0.0784 e. The quantitative estimate of drug-likeness (QED) is 0.822. The van der Waals surface area contributed by atoms with Crippen molar-refractivity contribution in [2.75, 3.05) is 26.2 Å². The van der Waals surface area contributed by atoms with Crippen molar-refractivity contribution in [2.24, 2.45) is 0 Å². The largest absolute Gasteiger partial charge is 0.301 e. The van der Waals surface area contributed by atoms with Gasteiger partial charge in [-0.25, -0.2) is 0 Å². The van der Waals surface area contributed by atoms with Crippen molar-refractivity contribution in [3.63, 3.8) is 0 Å². The minimum absolute atomic E-state index is 0.455. The molecule has 2 aromatic rings. The van der Waals surface area contributed by atoms with Gasteiger partial charge in [0, 0.05) is 44.2 Å². The number of hydrazine groups is 2. The van der Waals surface area contributed by atoms with Crippen LogP contribution in [0.15, 0.2) is 66.4 Å². The maximum atomic E-state index is 3.52. The Morgan fingerprint density at radius 2 is 1.66 bits per heavy atom. The van der Waals surface area contributed by atoms with E-state index in [1.165, 1.54) is 35.5 Å². The van der Waals surface area contributed by atoms with Crippen molar-refractivity contribution >= 4 is 5.70 Å². The fraction of sp³-hybridized carbons (Fsp3) is 0.417. The molecule has 3 heterocycles. The zero-order chi connectivity index (χ0) is 19.6. The Morgan fingerprint density at radius 3 is 2.41 bits per heavy atom. The first-order valence-electron chi connectivity index (χ1n) is 10.9. The normalized spacial score (nSPS) is 24.9. The van der Waals surface area contributed by atoms with Crippen molar-refractivity contribution in [3.05, 3.63) is 77.5 Å². The lowest BCUT2D eigenvalue weighted by molar-refractivity contribution is 0.125. The van der Waals surface area contributed by atoms with Gasteiger partial charge in [0.05, 0.1) is 17.4 Å². The van der Waals surface area contributed by atoms with Gasteiger partial charge >= 0.3 is 0 Å².